The second-order valence-electron chi connectivity index (χ2n) is 5.26. The molecule has 118 valence electrons. The van der Waals surface area contributed by atoms with Gasteiger partial charge in [0.05, 0.1) is 12.1 Å². The topological polar surface area (TPSA) is 67.5 Å². The average Bonchev–Trinajstić information content (AvgIpc) is 2.81. The van der Waals surface area contributed by atoms with Gasteiger partial charge >= 0.3 is 5.97 Å². The number of hydrogen-bond donors (Lipinski definition) is 1. The summed E-state index contributed by atoms with van der Waals surface area (Å²) >= 11 is 12.4. The van der Waals surface area contributed by atoms with Crippen molar-refractivity contribution in [2.24, 2.45) is 0 Å². The summed E-state index contributed by atoms with van der Waals surface area (Å²) < 4.78 is 1.48. The molecule has 2 aromatic heterocycles. The summed E-state index contributed by atoms with van der Waals surface area (Å²) in [6.45, 7) is 3.65. The van der Waals surface area contributed by atoms with E-state index in [0.29, 0.717) is 27.6 Å². The molecule has 0 aliphatic rings. The van der Waals surface area contributed by atoms with Crippen molar-refractivity contribution in [3.63, 3.8) is 0 Å². The number of carbonyl (C=O) groups is 1. The molecule has 2 heterocycles. The lowest BCUT2D eigenvalue weighted by atomic mass is 10.1. The Hall–Kier alpha value is -2.11. The number of aryl methyl sites for hydroxylation is 2. The van der Waals surface area contributed by atoms with Crippen LogP contribution in [0.1, 0.15) is 16.8 Å². The molecule has 0 radical (unpaired) electrons. The van der Waals surface area contributed by atoms with E-state index in [2.05, 4.69) is 10.1 Å². The van der Waals surface area contributed by atoms with Crippen LogP contribution in [0, 0.1) is 13.8 Å². The Morgan fingerprint density at radius 3 is 2.70 bits per heavy atom. The lowest BCUT2D eigenvalue weighted by Crippen LogP contribution is -2.08. The normalized spacial score (nSPS) is 11.1. The minimum atomic E-state index is -0.963. The third kappa shape index (κ3) is 2.78. The van der Waals surface area contributed by atoms with E-state index in [-0.39, 0.29) is 11.6 Å². The first kappa shape index (κ1) is 15.8. The van der Waals surface area contributed by atoms with Gasteiger partial charge in [0.15, 0.2) is 5.65 Å². The molecule has 23 heavy (non-hydrogen) atoms. The van der Waals surface area contributed by atoms with E-state index < -0.39 is 5.97 Å². The van der Waals surface area contributed by atoms with Gasteiger partial charge in [0.25, 0.3) is 0 Å². The van der Waals surface area contributed by atoms with Crippen LogP contribution in [-0.4, -0.2) is 25.7 Å². The first-order chi connectivity index (χ1) is 10.9. The van der Waals surface area contributed by atoms with Gasteiger partial charge in [-0.25, -0.2) is 9.50 Å². The first-order valence-electron chi connectivity index (χ1n) is 6.90. The van der Waals surface area contributed by atoms with E-state index in [1.807, 2.05) is 25.1 Å². The standard InChI is InChI=1S/C16H13Cl2N3O2/c1-8-14(10-4-3-5-11(17)6-10)20-21-15(18)12(7-13(22)23)9(2)19-16(8)21/h3-6H,7H2,1-2H3,(H,22,23). The van der Waals surface area contributed by atoms with Gasteiger partial charge < -0.3 is 5.11 Å². The molecular weight excluding hydrogens is 337 g/mol. The van der Waals surface area contributed by atoms with Crippen LogP contribution < -0.4 is 0 Å². The highest BCUT2D eigenvalue weighted by Crippen LogP contribution is 2.30. The van der Waals surface area contributed by atoms with Crippen LogP contribution in [0.3, 0.4) is 0 Å². The smallest absolute Gasteiger partial charge is 0.308 e. The fraction of sp³-hybridized carbons (Fsp3) is 0.188. The van der Waals surface area contributed by atoms with E-state index in [1.54, 1.807) is 13.0 Å². The van der Waals surface area contributed by atoms with E-state index in [1.165, 1.54) is 4.52 Å². The van der Waals surface area contributed by atoms with Crippen molar-refractivity contribution in [1.29, 1.82) is 0 Å². The molecule has 0 bridgehead atoms. The zero-order chi connectivity index (χ0) is 16.7. The molecule has 0 spiro atoms. The summed E-state index contributed by atoms with van der Waals surface area (Å²) in [4.78, 5) is 15.5. The summed E-state index contributed by atoms with van der Waals surface area (Å²) in [7, 11) is 0. The largest absolute Gasteiger partial charge is 0.481 e. The molecule has 3 aromatic rings. The van der Waals surface area contributed by atoms with Crippen LogP contribution in [0.15, 0.2) is 24.3 Å². The number of aromatic nitrogens is 3. The minimum Gasteiger partial charge on any atom is -0.481 e. The molecule has 0 amide bonds. The van der Waals surface area contributed by atoms with E-state index in [9.17, 15) is 4.79 Å². The number of nitrogens with zero attached hydrogens (tertiary/aromatic N) is 3. The molecule has 0 aliphatic carbocycles. The van der Waals surface area contributed by atoms with E-state index >= 15 is 0 Å². The minimum absolute atomic E-state index is 0.195. The zero-order valence-corrected chi connectivity index (χ0v) is 14.0. The average molecular weight is 350 g/mol. The molecule has 0 saturated carbocycles. The Morgan fingerprint density at radius 1 is 1.30 bits per heavy atom. The molecule has 0 saturated heterocycles. The van der Waals surface area contributed by atoms with Gasteiger partial charge in [-0.15, -0.1) is 0 Å². The summed E-state index contributed by atoms with van der Waals surface area (Å²) in [6, 6.07) is 7.35. The summed E-state index contributed by atoms with van der Waals surface area (Å²) in [5, 5.41) is 14.4. The van der Waals surface area contributed by atoms with Crippen molar-refractivity contribution in [3.05, 3.63) is 51.3 Å². The number of benzene rings is 1. The van der Waals surface area contributed by atoms with Crippen LogP contribution in [0.4, 0.5) is 0 Å². The SMILES string of the molecule is Cc1nc2c(C)c(-c3cccc(Cl)c3)nn2c(Cl)c1CC(=O)O. The Morgan fingerprint density at radius 2 is 2.04 bits per heavy atom. The maximum atomic E-state index is 11.0. The first-order valence-corrected chi connectivity index (χ1v) is 7.66. The van der Waals surface area contributed by atoms with Crippen LogP contribution in [0.5, 0.6) is 0 Å². The molecule has 5 nitrogen and oxygen atoms in total. The zero-order valence-electron chi connectivity index (χ0n) is 12.5. The number of hydrogen-bond acceptors (Lipinski definition) is 3. The molecule has 1 aromatic carbocycles. The second kappa shape index (κ2) is 5.83. The molecule has 0 atom stereocenters. The van der Waals surface area contributed by atoms with Crippen LogP contribution in [0.2, 0.25) is 10.2 Å². The van der Waals surface area contributed by atoms with Crippen molar-refractivity contribution >= 4 is 34.8 Å². The number of aliphatic carboxylic acids is 1. The number of halogens is 2. The maximum Gasteiger partial charge on any atom is 0.308 e. The van der Waals surface area contributed by atoms with Crippen molar-refractivity contribution in [1.82, 2.24) is 14.6 Å². The van der Waals surface area contributed by atoms with Gasteiger partial charge in [-0.05, 0) is 26.0 Å². The lowest BCUT2D eigenvalue weighted by molar-refractivity contribution is -0.136. The Labute approximate surface area is 142 Å². The number of rotatable bonds is 3. The molecule has 0 aliphatic heterocycles. The number of fused-ring (bicyclic) bond motifs is 1. The van der Waals surface area contributed by atoms with Gasteiger partial charge in [-0.1, -0.05) is 35.3 Å². The maximum absolute atomic E-state index is 11.0. The van der Waals surface area contributed by atoms with Gasteiger partial charge in [-0.3, -0.25) is 4.79 Å². The molecule has 1 N–H and O–H groups in total. The van der Waals surface area contributed by atoms with Crippen molar-refractivity contribution in [2.45, 2.75) is 20.3 Å². The van der Waals surface area contributed by atoms with Gasteiger partial charge in [0, 0.05) is 27.4 Å². The molecule has 0 fully saturated rings. The van der Waals surface area contributed by atoms with Crippen molar-refractivity contribution in [2.75, 3.05) is 0 Å². The molecule has 0 unspecified atom stereocenters. The van der Waals surface area contributed by atoms with Gasteiger partial charge in [-0.2, -0.15) is 5.10 Å². The second-order valence-corrected chi connectivity index (χ2v) is 6.05. The number of carboxylic acids is 1. The van der Waals surface area contributed by atoms with Crippen molar-refractivity contribution in [3.8, 4) is 11.3 Å². The third-order valence-corrected chi connectivity index (χ3v) is 4.29. The van der Waals surface area contributed by atoms with Crippen LogP contribution >= 0.6 is 23.2 Å². The van der Waals surface area contributed by atoms with Crippen LogP contribution in [0.25, 0.3) is 16.9 Å². The van der Waals surface area contributed by atoms with Gasteiger partial charge in [0.1, 0.15) is 5.15 Å². The highest BCUT2D eigenvalue weighted by molar-refractivity contribution is 6.31. The monoisotopic (exact) mass is 349 g/mol. The highest BCUT2D eigenvalue weighted by Gasteiger charge is 2.19. The third-order valence-electron chi connectivity index (χ3n) is 3.66. The Balaban J connectivity index is 2.26. The van der Waals surface area contributed by atoms with Crippen LogP contribution in [-0.2, 0) is 11.2 Å². The number of carboxylic acid groups (broad SMARTS) is 1. The van der Waals surface area contributed by atoms with Crippen molar-refractivity contribution < 1.29 is 9.90 Å². The lowest BCUT2D eigenvalue weighted by Gasteiger charge is -2.07. The van der Waals surface area contributed by atoms with E-state index in [0.717, 1.165) is 11.1 Å². The predicted molar refractivity (Wildman–Crippen MR) is 89.3 cm³/mol. The van der Waals surface area contributed by atoms with E-state index in [4.69, 9.17) is 28.3 Å². The summed E-state index contributed by atoms with van der Waals surface area (Å²) in [5.74, 6) is -0.963. The molecular formula is C16H13Cl2N3O2. The Kier molecular flexibility index (Phi) is 4.00. The summed E-state index contributed by atoms with van der Waals surface area (Å²) in [6.07, 6.45) is -0.195. The predicted octanol–water partition coefficient (Wildman–Crippen LogP) is 3.95. The quantitative estimate of drug-likeness (QED) is 0.727. The summed E-state index contributed by atoms with van der Waals surface area (Å²) in [5.41, 5.74) is 4.09. The molecule has 3 rings (SSSR count). The fourth-order valence-electron chi connectivity index (χ4n) is 2.52. The fourth-order valence-corrected chi connectivity index (χ4v) is 3.03. The van der Waals surface area contributed by atoms with Gasteiger partial charge in [0.2, 0.25) is 0 Å². The Bertz CT molecular complexity index is 935. The highest BCUT2D eigenvalue weighted by atomic mass is 35.5. The molecule has 7 heteroatoms.